The van der Waals surface area contributed by atoms with Crippen molar-refractivity contribution < 1.29 is 33.5 Å². The summed E-state index contributed by atoms with van der Waals surface area (Å²) in [5.74, 6) is -2.30. The summed E-state index contributed by atoms with van der Waals surface area (Å²) < 4.78 is 5.41. The Morgan fingerprint density at radius 1 is 1.13 bits per heavy atom. The Labute approximate surface area is 222 Å². The first-order valence-corrected chi connectivity index (χ1v) is 12.7. The van der Waals surface area contributed by atoms with E-state index in [0.29, 0.717) is 24.9 Å². The summed E-state index contributed by atoms with van der Waals surface area (Å²) in [6.07, 6.45) is 0.107. The largest absolute Gasteiger partial charge is 0.460 e. The fourth-order valence-electron chi connectivity index (χ4n) is 4.46. The summed E-state index contributed by atoms with van der Waals surface area (Å²) in [7, 11) is 2.73. The van der Waals surface area contributed by atoms with Crippen molar-refractivity contribution in [3.63, 3.8) is 0 Å². The Balaban J connectivity index is 1.84. The lowest BCUT2D eigenvalue weighted by molar-refractivity contribution is -0.181. The van der Waals surface area contributed by atoms with Crippen LogP contribution in [0.1, 0.15) is 63.2 Å². The molecule has 0 radical (unpaired) electrons. The molecule has 208 valence electrons. The standard InChI is InChI=1S/C26H37N5O7/c1-26(2,3)38-22(33)16-19(24(35)29(4)37-5)27-20-12-9-15-30-21(32)14-13-18(25(36)31(20)30)28-23(34)17-10-7-6-8-11-17/h6-8,10-11,18-20,27H,9,12-16H2,1-5H3,(H,28,34)/t18-,19-,20-/m0/s1. The van der Waals surface area contributed by atoms with Crippen LogP contribution < -0.4 is 10.6 Å². The predicted molar refractivity (Wildman–Crippen MR) is 136 cm³/mol. The van der Waals surface area contributed by atoms with E-state index in [9.17, 15) is 24.0 Å². The first kappa shape index (κ1) is 29.1. The van der Waals surface area contributed by atoms with Crippen LogP contribution >= 0.6 is 0 Å². The third-order valence-electron chi connectivity index (χ3n) is 6.27. The molecule has 38 heavy (non-hydrogen) atoms. The number of carbonyl (C=O) groups excluding carboxylic acids is 5. The molecule has 1 aromatic carbocycles. The Bertz CT molecular complexity index is 1040. The average Bonchev–Trinajstić information content (AvgIpc) is 2.99. The second kappa shape index (κ2) is 12.4. The summed E-state index contributed by atoms with van der Waals surface area (Å²) in [6.45, 7) is 5.49. The summed E-state index contributed by atoms with van der Waals surface area (Å²) in [6, 6.07) is 6.46. The third-order valence-corrected chi connectivity index (χ3v) is 6.27. The molecule has 12 nitrogen and oxygen atoms in total. The number of rotatable bonds is 8. The fraction of sp³-hybridized carbons (Fsp3) is 0.577. The van der Waals surface area contributed by atoms with Crippen LogP contribution in [0.2, 0.25) is 0 Å². The Morgan fingerprint density at radius 2 is 1.82 bits per heavy atom. The Hall–Kier alpha value is -3.51. The quantitative estimate of drug-likeness (QED) is 0.374. The summed E-state index contributed by atoms with van der Waals surface area (Å²) >= 11 is 0. The van der Waals surface area contributed by atoms with Gasteiger partial charge in [-0.15, -0.1) is 0 Å². The van der Waals surface area contributed by atoms with Gasteiger partial charge in [0.2, 0.25) is 5.91 Å². The maximum Gasteiger partial charge on any atom is 0.308 e. The van der Waals surface area contributed by atoms with Crippen molar-refractivity contribution in [1.82, 2.24) is 25.7 Å². The third kappa shape index (κ3) is 7.29. The van der Waals surface area contributed by atoms with E-state index in [0.717, 1.165) is 5.06 Å². The lowest BCUT2D eigenvalue weighted by Gasteiger charge is -2.45. The van der Waals surface area contributed by atoms with Gasteiger partial charge in [0.25, 0.3) is 17.7 Å². The summed E-state index contributed by atoms with van der Waals surface area (Å²) in [4.78, 5) is 70.2. The van der Waals surface area contributed by atoms with Crippen LogP contribution in [0.15, 0.2) is 30.3 Å². The zero-order chi connectivity index (χ0) is 28.0. The molecular weight excluding hydrogens is 494 g/mol. The minimum Gasteiger partial charge on any atom is -0.460 e. The van der Waals surface area contributed by atoms with Crippen LogP contribution in [0.25, 0.3) is 0 Å². The van der Waals surface area contributed by atoms with Crippen LogP contribution in [0.3, 0.4) is 0 Å². The molecule has 0 aliphatic carbocycles. The van der Waals surface area contributed by atoms with Crippen LogP contribution in [0.5, 0.6) is 0 Å². The van der Waals surface area contributed by atoms with Crippen molar-refractivity contribution in [2.75, 3.05) is 20.7 Å². The number of esters is 1. The molecule has 0 bridgehead atoms. The molecule has 2 fully saturated rings. The van der Waals surface area contributed by atoms with Gasteiger partial charge < -0.3 is 10.1 Å². The highest BCUT2D eigenvalue weighted by atomic mass is 16.7. The van der Waals surface area contributed by atoms with E-state index < -0.39 is 47.5 Å². The van der Waals surface area contributed by atoms with Crippen LogP contribution in [-0.2, 0) is 28.8 Å². The highest BCUT2D eigenvalue weighted by Gasteiger charge is 2.43. The highest BCUT2D eigenvalue weighted by Crippen LogP contribution is 2.25. The zero-order valence-corrected chi connectivity index (χ0v) is 22.6. The number of nitrogens with zero attached hydrogens (tertiary/aromatic N) is 3. The second-order valence-electron chi connectivity index (χ2n) is 10.3. The van der Waals surface area contributed by atoms with Gasteiger partial charge in [-0.2, -0.15) is 0 Å². The number of carbonyl (C=O) groups is 5. The minimum absolute atomic E-state index is 0.0708. The molecule has 12 heteroatoms. The molecule has 2 aliphatic heterocycles. The number of likely N-dealkylation sites (N-methyl/N-ethyl adjacent to an activating group) is 1. The van der Waals surface area contributed by atoms with Crippen molar-refractivity contribution in [3.8, 4) is 0 Å². The van der Waals surface area contributed by atoms with Crippen LogP contribution in [0, 0.1) is 0 Å². The van der Waals surface area contributed by atoms with Crippen molar-refractivity contribution in [3.05, 3.63) is 35.9 Å². The van der Waals surface area contributed by atoms with E-state index in [4.69, 9.17) is 9.57 Å². The minimum atomic E-state index is -1.09. The number of ether oxygens (including phenoxy) is 1. The monoisotopic (exact) mass is 531 g/mol. The average molecular weight is 532 g/mol. The second-order valence-corrected chi connectivity index (χ2v) is 10.3. The molecular formula is C26H37N5O7. The van der Waals surface area contributed by atoms with Gasteiger partial charge in [0, 0.05) is 25.6 Å². The number of hydroxylamine groups is 2. The molecule has 0 saturated carbocycles. The number of hydrogen-bond donors (Lipinski definition) is 2. The van der Waals surface area contributed by atoms with Gasteiger partial charge in [-0.05, 0) is 52.2 Å². The number of fused-ring (bicyclic) bond motifs is 1. The molecule has 2 aliphatic rings. The lowest BCUT2D eigenvalue weighted by atomic mass is 10.1. The number of nitrogens with one attached hydrogen (secondary N) is 2. The smallest absolute Gasteiger partial charge is 0.308 e. The zero-order valence-electron chi connectivity index (χ0n) is 22.6. The lowest BCUT2D eigenvalue weighted by Crippen LogP contribution is -2.66. The molecule has 3 atom stereocenters. The van der Waals surface area contributed by atoms with Gasteiger partial charge in [-0.3, -0.25) is 34.1 Å². The van der Waals surface area contributed by atoms with Gasteiger partial charge in [0.05, 0.1) is 13.5 Å². The first-order valence-electron chi connectivity index (χ1n) is 12.7. The van der Waals surface area contributed by atoms with Crippen molar-refractivity contribution in [2.45, 2.75) is 76.7 Å². The highest BCUT2D eigenvalue weighted by molar-refractivity contribution is 5.98. The first-order chi connectivity index (χ1) is 17.9. The van der Waals surface area contributed by atoms with Crippen LogP contribution in [0.4, 0.5) is 0 Å². The molecule has 1 aromatic rings. The van der Waals surface area contributed by atoms with Crippen molar-refractivity contribution >= 4 is 29.6 Å². The normalized spacial score (nSPS) is 20.8. The summed E-state index contributed by atoms with van der Waals surface area (Å²) in [5.41, 5.74) is -0.358. The Morgan fingerprint density at radius 3 is 2.45 bits per heavy atom. The molecule has 0 spiro atoms. The van der Waals surface area contributed by atoms with Gasteiger partial charge in [-0.1, -0.05) is 18.2 Å². The molecule has 4 amide bonds. The van der Waals surface area contributed by atoms with E-state index in [2.05, 4.69) is 10.6 Å². The van der Waals surface area contributed by atoms with E-state index in [-0.39, 0.29) is 25.2 Å². The maximum atomic E-state index is 13.7. The van der Waals surface area contributed by atoms with E-state index >= 15 is 0 Å². The molecule has 2 heterocycles. The number of hydrazine groups is 1. The van der Waals surface area contributed by atoms with Crippen molar-refractivity contribution in [2.24, 2.45) is 0 Å². The van der Waals surface area contributed by atoms with E-state index in [1.54, 1.807) is 51.1 Å². The fourth-order valence-corrected chi connectivity index (χ4v) is 4.46. The van der Waals surface area contributed by atoms with Gasteiger partial charge in [-0.25, -0.2) is 15.1 Å². The van der Waals surface area contributed by atoms with E-state index in [1.165, 1.54) is 24.2 Å². The van der Waals surface area contributed by atoms with E-state index in [1.807, 2.05) is 0 Å². The SMILES string of the molecule is CON(C)C(=O)[C@H](CC(=O)OC(C)(C)C)N[C@@H]1CCCN2C(=O)CC[C@H](NC(=O)c3ccccc3)C(=O)N12. The van der Waals surface area contributed by atoms with Gasteiger partial charge in [0.15, 0.2) is 0 Å². The Kier molecular flexibility index (Phi) is 9.45. The topological polar surface area (TPSA) is 138 Å². The van der Waals surface area contributed by atoms with Gasteiger partial charge in [0.1, 0.15) is 23.9 Å². The molecule has 2 saturated heterocycles. The van der Waals surface area contributed by atoms with Crippen LogP contribution in [-0.4, -0.2) is 89.2 Å². The molecule has 2 N–H and O–H groups in total. The number of benzene rings is 1. The molecule has 3 rings (SSSR count). The molecule has 0 aromatic heterocycles. The maximum absolute atomic E-state index is 13.7. The number of amides is 4. The molecule has 0 unspecified atom stereocenters. The summed E-state index contributed by atoms with van der Waals surface area (Å²) in [5, 5.41) is 9.50. The van der Waals surface area contributed by atoms with Gasteiger partial charge >= 0.3 is 5.97 Å². The number of hydrogen-bond acceptors (Lipinski definition) is 8. The predicted octanol–water partition coefficient (Wildman–Crippen LogP) is 0.981. The van der Waals surface area contributed by atoms with Crippen molar-refractivity contribution in [1.29, 1.82) is 0 Å².